The normalized spacial score (nSPS) is 11.3. The Morgan fingerprint density at radius 3 is 1.80 bits per heavy atom. The Balaban J connectivity index is 1.57. The van der Waals surface area contributed by atoms with Crippen molar-refractivity contribution in [3.05, 3.63) is 93.6 Å². The van der Waals surface area contributed by atoms with Gasteiger partial charge in [-0.25, -0.2) is 0 Å². The largest absolute Gasteiger partial charge is 0.508 e. The van der Waals surface area contributed by atoms with Crippen molar-refractivity contribution in [1.29, 1.82) is 0 Å². The number of aromatic hydroxyl groups is 6. The summed E-state index contributed by atoms with van der Waals surface area (Å²) in [5.74, 6) is -2.37. The zero-order valence-corrected chi connectivity index (χ0v) is 20.2. The Labute approximate surface area is 223 Å². The second kappa shape index (κ2) is 8.84. The molecule has 4 aromatic carbocycles. The molecule has 40 heavy (non-hydrogen) atoms. The van der Waals surface area contributed by atoms with E-state index in [2.05, 4.69) is 0 Å². The minimum Gasteiger partial charge on any atom is -0.508 e. The van der Waals surface area contributed by atoms with Gasteiger partial charge in [-0.1, -0.05) is 18.2 Å². The maximum atomic E-state index is 13.4. The Bertz CT molecular complexity index is 2100. The van der Waals surface area contributed by atoms with Gasteiger partial charge < -0.3 is 39.5 Å². The molecule has 0 bridgehead atoms. The van der Waals surface area contributed by atoms with E-state index in [0.717, 1.165) is 18.4 Å². The third-order valence-electron chi connectivity index (χ3n) is 6.62. The first-order valence-electron chi connectivity index (χ1n) is 11.7. The molecule has 0 radical (unpaired) electrons. The molecule has 0 fully saturated rings. The highest BCUT2D eigenvalue weighted by molar-refractivity contribution is 5.98. The second-order valence-corrected chi connectivity index (χ2v) is 9.07. The quantitative estimate of drug-likeness (QED) is 0.177. The van der Waals surface area contributed by atoms with Gasteiger partial charge in [0, 0.05) is 23.8 Å². The number of hydrogen-bond donors (Lipinski definition) is 6. The van der Waals surface area contributed by atoms with Crippen molar-refractivity contribution in [2.75, 3.05) is 0 Å². The van der Waals surface area contributed by atoms with E-state index < -0.39 is 28.1 Å². The lowest BCUT2D eigenvalue weighted by atomic mass is 9.95. The first-order valence-corrected chi connectivity index (χ1v) is 11.7. The summed E-state index contributed by atoms with van der Waals surface area (Å²) in [5.41, 5.74) is -1.18. The van der Waals surface area contributed by atoms with Gasteiger partial charge >= 0.3 is 0 Å². The average molecular weight is 538 g/mol. The molecule has 6 rings (SSSR count). The molecule has 0 spiro atoms. The number of phenols is 6. The highest BCUT2D eigenvalue weighted by Gasteiger charge is 2.23. The molecule has 0 atom stereocenters. The summed E-state index contributed by atoms with van der Waals surface area (Å²) in [7, 11) is 0. The van der Waals surface area contributed by atoms with Crippen LogP contribution in [0.4, 0.5) is 0 Å². The summed E-state index contributed by atoms with van der Waals surface area (Å²) in [6.07, 6.45) is 2.28. The number of phenolic OH excluding ortho intramolecular Hbond substituents is 6. The highest BCUT2D eigenvalue weighted by atomic mass is 16.3. The van der Waals surface area contributed by atoms with E-state index in [0.29, 0.717) is 5.56 Å². The monoisotopic (exact) mass is 538 g/mol. The Hall–Kier alpha value is -5.90. The van der Waals surface area contributed by atoms with Crippen molar-refractivity contribution in [3.8, 4) is 67.9 Å². The van der Waals surface area contributed by atoms with Gasteiger partial charge in [-0.15, -0.1) is 0 Å². The lowest BCUT2D eigenvalue weighted by Gasteiger charge is -2.14. The van der Waals surface area contributed by atoms with Crippen LogP contribution in [0, 0.1) is 0 Å². The van der Waals surface area contributed by atoms with Crippen LogP contribution >= 0.6 is 0 Å². The SMILES string of the molecule is O=c1c(-c2ccc(O)c(-c3c(O)cc4occ(-c5ccc(O)cc5)c(=O)c4c3O)c2)coc2cc(O)cc(O)c12. The van der Waals surface area contributed by atoms with E-state index in [1.165, 1.54) is 54.8 Å². The maximum absolute atomic E-state index is 13.4. The van der Waals surface area contributed by atoms with Crippen LogP contribution in [0.15, 0.2) is 91.6 Å². The van der Waals surface area contributed by atoms with Gasteiger partial charge in [0.2, 0.25) is 10.9 Å². The van der Waals surface area contributed by atoms with Crippen LogP contribution in [0.1, 0.15) is 0 Å². The minimum atomic E-state index is -0.671. The molecule has 2 aromatic heterocycles. The lowest BCUT2D eigenvalue weighted by molar-refractivity contribution is 0.451. The highest BCUT2D eigenvalue weighted by Crippen LogP contribution is 2.46. The Morgan fingerprint density at radius 2 is 1.10 bits per heavy atom. The summed E-state index contributed by atoms with van der Waals surface area (Å²) in [6, 6.07) is 13.0. The third kappa shape index (κ3) is 3.74. The van der Waals surface area contributed by atoms with E-state index in [9.17, 15) is 40.2 Å². The van der Waals surface area contributed by atoms with Gasteiger partial charge in [0.25, 0.3) is 0 Å². The van der Waals surface area contributed by atoms with Crippen molar-refractivity contribution < 1.29 is 39.5 Å². The molecule has 10 heteroatoms. The van der Waals surface area contributed by atoms with E-state index in [1.54, 1.807) is 0 Å². The first-order chi connectivity index (χ1) is 19.1. The average Bonchev–Trinajstić information content (AvgIpc) is 2.90. The van der Waals surface area contributed by atoms with Crippen molar-refractivity contribution in [2.24, 2.45) is 0 Å². The number of rotatable bonds is 3. The van der Waals surface area contributed by atoms with Crippen molar-refractivity contribution in [2.45, 2.75) is 0 Å². The van der Waals surface area contributed by atoms with Crippen molar-refractivity contribution in [3.63, 3.8) is 0 Å². The second-order valence-electron chi connectivity index (χ2n) is 9.07. The number of fused-ring (bicyclic) bond motifs is 2. The molecule has 0 aliphatic carbocycles. The van der Waals surface area contributed by atoms with Crippen LogP contribution in [0.3, 0.4) is 0 Å². The number of hydrogen-bond acceptors (Lipinski definition) is 10. The minimum absolute atomic E-state index is 0.00634. The van der Waals surface area contributed by atoms with Crippen LogP contribution in [0.2, 0.25) is 0 Å². The fourth-order valence-corrected chi connectivity index (χ4v) is 4.68. The molecular formula is C30H18O10. The van der Waals surface area contributed by atoms with Crippen LogP contribution in [-0.2, 0) is 0 Å². The molecule has 0 amide bonds. The van der Waals surface area contributed by atoms with Crippen LogP contribution < -0.4 is 10.9 Å². The topological polar surface area (TPSA) is 182 Å². The van der Waals surface area contributed by atoms with Gasteiger partial charge in [-0.05, 0) is 35.4 Å². The Kier molecular flexibility index (Phi) is 5.40. The van der Waals surface area contributed by atoms with Crippen LogP contribution in [0.5, 0.6) is 34.5 Å². The van der Waals surface area contributed by atoms with Gasteiger partial charge in [0.15, 0.2) is 0 Å². The lowest BCUT2D eigenvalue weighted by Crippen LogP contribution is -2.06. The molecule has 6 N–H and O–H groups in total. The van der Waals surface area contributed by atoms with Crippen molar-refractivity contribution in [1.82, 2.24) is 0 Å². The molecule has 0 saturated heterocycles. The molecule has 0 aliphatic rings. The van der Waals surface area contributed by atoms with Crippen LogP contribution in [0.25, 0.3) is 55.3 Å². The summed E-state index contributed by atoms with van der Waals surface area (Å²) in [6.45, 7) is 0. The first kappa shape index (κ1) is 24.4. The van der Waals surface area contributed by atoms with E-state index >= 15 is 0 Å². The Morgan fingerprint density at radius 1 is 0.500 bits per heavy atom. The molecule has 0 unspecified atom stereocenters. The molecular weight excluding hydrogens is 520 g/mol. The number of benzene rings is 4. The molecule has 198 valence electrons. The van der Waals surface area contributed by atoms with Gasteiger partial charge in [0.05, 0.1) is 16.7 Å². The predicted molar refractivity (Wildman–Crippen MR) is 145 cm³/mol. The maximum Gasteiger partial charge on any atom is 0.204 e. The molecule has 0 saturated carbocycles. The van der Waals surface area contributed by atoms with Gasteiger partial charge in [0.1, 0.15) is 69.0 Å². The fourth-order valence-electron chi connectivity index (χ4n) is 4.68. The molecule has 0 aliphatic heterocycles. The van der Waals surface area contributed by atoms with E-state index in [-0.39, 0.29) is 67.0 Å². The summed E-state index contributed by atoms with van der Waals surface area (Å²) < 4.78 is 11.0. The van der Waals surface area contributed by atoms with Crippen LogP contribution in [-0.4, -0.2) is 30.6 Å². The third-order valence-corrected chi connectivity index (χ3v) is 6.62. The van der Waals surface area contributed by atoms with Gasteiger partial charge in [-0.3, -0.25) is 9.59 Å². The fraction of sp³-hybridized carbons (Fsp3) is 0. The summed E-state index contributed by atoms with van der Waals surface area (Å²) in [4.78, 5) is 26.6. The predicted octanol–water partition coefficient (Wildman–Crippen LogP) is 5.13. The standard InChI is InChI=1S/C30H18O10/c31-15-4-1-13(2-5-15)18-11-40-24-10-22(35)25(30(38)27(24)29(18)37)17-7-14(3-6-20(17)33)19-12-39-23-9-16(32)8-21(34)26(23)28(19)36/h1-12,31-35,38H. The zero-order valence-electron chi connectivity index (χ0n) is 20.2. The summed E-state index contributed by atoms with van der Waals surface area (Å²) in [5, 5.41) is 61.7. The van der Waals surface area contributed by atoms with E-state index in [4.69, 9.17) is 8.83 Å². The molecule has 6 aromatic rings. The summed E-state index contributed by atoms with van der Waals surface area (Å²) >= 11 is 0. The van der Waals surface area contributed by atoms with Crippen molar-refractivity contribution >= 4 is 21.9 Å². The molecule has 2 heterocycles. The zero-order chi connectivity index (χ0) is 28.3. The van der Waals surface area contributed by atoms with Gasteiger partial charge in [-0.2, -0.15) is 0 Å². The molecule has 10 nitrogen and oxygen atoms in total. The van der Waals surface area contributed by atoms with E-state index in [1.807, 2.05) is 0 Å². The smallest absolute Gasteiger partial charge is 0.204 e.